The predicted molar refractivity (Wildman–Crippen MR) is 140 cm³/mol. The lowest BCUT2D eigenvalue weighted by molar-refractivity contribution is -0.384. The number of ether oxygens (including phenoxy) is 3. The van der Waals surface area contributed by atoms with Crippen LogP contribution in [0.4, 0.5) is 20.7 Å². The van der Waals surface area contributed by atoms with E-state index in [4.69, 9.17) is 14.2 Å². The van der Waals surface area contributed by atoms with Crippen LogP contribution >= 0.6 is 0 Å². The number of halogens is 1. The molecule has 0 unspecified atom stereocenters. The quantitative estimate of drug-likeness (QED) is 0.182. The number of nitro groups is 1. The molecule has 3 atom stereocenters. The van der Waals surface area contributed by atoms with E-state index in [1.165, 1.54) is 36.1 Å². The van der Waals surface area contributed by atoms with E-state index in [9.17, 15) is 19.7 Å². The van der Waals surface area contributed by atoms with Crippen molar-refractivity contribution in [1.29, 1.82) is 0 Å². The molecule has 2 aromatic heterocycles. The molecule has 0 saturated heterocycles. The number of aromatic nitrogens is 4. The van der Waals surface area contributed by atoms with Crippen molar-refractivity contribution in [2.45, 2.75) is 64.0 Å². The zero-order chi connectivity index (χ0) is 29.2. The van der Waals surface area contributed by atoms with Gasteiger partial charge in [-0.15, -0.1) is 0 Å². The van der Waals surface area contributed by atoms with Crippen LogP contribution in [0, 0.1) is 10.1 Å². The topological polar surface area (TPSA) is 153 Å². The number of nitro benzene ring substituents is 1. The Balaban J connectivity index is 1.46. The SMILES string of the molecule is COCc1cc(C(=O)Nc2cc([C@@H]3CC[C@H](OC(=O)Oc4ccc([N+](=O)[O-])cc4)[C@H]3F)nn2C(C)(C)C)n(C)n1. The molecule has 1 aliphatic rings. The van der Waals surface area contributed by atoms with Gasteiger partial charge in [-0.25, -0.2) is 13.9 Å². The molecule has 0 aliphatic heterocycles. The maximum absolute atomic E-state index is 15.5. The lowest BCUT2D eigenvalue weighted by atomic mass is 10.0. The van der Waals surface area contributed by atoms with E-state index in [0.717, 1.165) is 0 Å². The Morgan fingerprint density at radius 2 is 1.88 bits per heavy atom. The van der Waals surface area contributed by atoms with Gasteiger partial charge in [-0.2, -0.15) is 10.2 Å². The first kappa shape index (κ1) is 28.7. The number of amides is 1. The van der Waals surface area contributed by atoms with Crippen molar-refractivity contribution in [2.75, 3.05) is 12.4 Å². The summed E-state index contributed by atoms with van der Waals surface area (Å²) in [5.74, 6) is -0.669. The highest BCUT2D eigenvalue weighted by atomic mass is 19.1. The normalized spacial score (nSPS) is 18.9. The Morgan fingerprint density at radius 3 is 2.50 bits per heavy atom. The van der Waals surface area contributed by atoms with Gasteiger partial charge >= 0.3 is 6.16 Å². The van der Waals surface area contributed by atoms with Gasteiger partial charge in [0, 0.05) is 38.3 Å². The number of anilines is 1. The molecule has 0 bridgehead atoms. The second-order valence-corrected chi connectivity index (χ2v) is 10.5. The molecule has 1 amide bonds. The van der Waals surface area contributed by atoms with E-state index < -0.39 is 40.7 Å². The zero-order valence-electron chi connectivity index (χ0n) is 22.8. The average molecular weight is 559 g/mol. The molecule has 1 aliphatic carbocycles. The third-order valence-electron chi connectivity index (χ3n) is 6.44. The maximum atomic E-state index is 15.5. The Labute approximate surface area is 229 Å². The molecule has 1 N–H and O–H groups in total. The Morgan fingerprint density at radius 1 is 1.18 bits per heavy atom. The van der Waals surface area contributed by atoms with E-state index in [1.807, 2.05) is 20.8 Å². The van der Waals surface area contributed by atoms with Crippen LogP contribution < -0.4 is 10.1 Å². The molecule has 4 rings (SSSR count). The van der Waals surface area contributed by atoms with Gasteiger partial charge in [-0.05, 0) is 51.8 Å². The smallest absolute Gasteiger partial charge is 0.428 e. The molecule has 214 valence electrons. The summed E-state index contributed by atoms with van der Waals surface area (Å²) in [5, 5.41) is 22.5. The fraction of sp³-hybridized carbons (Fsp3) is 0.462. The van der Waals surface area contributed by atoms with E-state index in [2.05, 4.69) is 15.5 Å². The van der Waals surface area contributed by atoms with Gasteiger partial charge in [0.15, 0.2) is 0 Å². The summed E-state index contributed by atoms with van der Waals surface area (Å²) in [4.78, 5) is 35.5. The largest absolute Gasteiger partial charge is 0.514 e. The second-order valence-electron chi connectivity index (χ2n) is 10.5. The fourth-order valence-electron chi connectivity index (χ4n) is 4.56. The van der Waals surface area contributed by atoms with Crippen LogP contribution in [0.15, 0.2) is 36.4 Å². The van der Waals surface area contributed by atoms with Gasteiger partial charge < -0.3 is 19.5 Å². The lowest BCUT2D eigenvalue weighted by Gasteiger charge is -2.22. The minimum absolute atomic E-state index is 0.0348. The van der Waals surface area contributed by atoms with Gasteiger partial charge in [0.2, 0.25) is 0 Å². The first-order valence-corrected chi connectivity index (χ1v) is 12.6. The summed E-state index contributed by atoms with van der Waals surface area (Å²) < 4.78 is 33.9. The molecular weight excluding hydrogens is 527 g/mol. The van der Waals surface area contributed by atoms with E-state index in [-0.39, 0.29) is 24.5 Å². The van der Waals surface area contributed by atoms with Crippen molar-refractivity contribution in [3.63, 3.8) is 0 Å². The van der Waals surface area contributed by atoms with Gasteiger partial charge in [0.25, 0.3) is 11.6 Å². The van der Waals surface area contributed by atoms with Crippen LogP contribution in [-0.4, -0.2) is 55.9 Å². The van der Waals surface area contributed by atoms with Crippen LogP contribution in [0.25, 0.3) is 0 Å². The van der Waals surface area contributed by atoms with Gasteiger partial charge in [-0.1, -0.05) is 0 Å². The number of benzene rings is 1. The third-order valence-corrected chi connectivity index (χ3v) is 6.44. The zero-order valence-corrected chi connectivity index (χ0v) is 22.8. The van der Waals surface area contributed by atoms with E-state index in [0.29, 0.717) is 29.3 Å². The predicted octanol–water partition coefficient (Wildman–Crippen LogP) is 4.48. The van der Waals surface area contributed by atoms with Crippen molar-refractivity contribution in [2.24, 2.45) is 7.05 Å². The number of carbonyl (C=O) groups is 2. The highest BCUT2D eigenvalue weighted by Crippen LogP contribution is 2.40. The number of non-ortho nitro benzene ring substituents is 1. The summed E-state index contributed by atoms with van der Waals surface area (Å²) >= 11 is 0. The minimum atomic E-state index is -1.56. The Hall–Kier alpha value is -4.33. The van der Waals surface area contributed by atoms with Gasteiger partial charge in [-0.3, -0.25) is 19.6 Å². The number of aryl methyl sites for hydroxylation is 1. The first-order valence-electron chi connectivity index (χ1n) is 12.6. The third kappa shape index (κ3) is 6.28. The standard InChI is InChI=1S/C26H31FN6O7/c1-26(2,3)32-22(28-24(34)20-12-15(14-38-5)29-31(20)4)13-19(30-32)18-10-11-21(23(18)27)40-25(35)39-17-8-6-16(7-9-17)33(36)37/h6-9,12-13,18,21,23H,10-11,14H2,1-5H3,(H,28,34)/t18-,21-,23-/m0/s1. The van der Waals surface area contributed by atoms with Crippen molar-refractivity contribution < 1.29 is 33.1 Å². The lowest BCUT2D eigenvalue weighted by Crippen LogP contribution is -2.28. The number of methoxy groups -OCH3 is 1. The van der Waals surface area contributed by atoms with Crippen molar-refractivity contribution in [3.05, 3.63) is 63.6 Å². The maximum Gasteiger partial charge on any atom is 0.514 e. The van der Waals surface area contributed by atoms with Crippen LogP contribution in [0.3, 0.4) is 0 Å². The molecule has 0 radical (unpaired) electrons. The summed E-state index contributed by atoms with van der Waals surface area (Å²) in [5.41, 5.74) is 0.634. The van der Waals surface area contributed by atoms with Crippen LogP contribution in [0.5, 0.6) is 5.75 Å². The number of carbonyl (C=O) groups excluding carboxylic acids is 2. The number of rotatable bonds is 8. The molecule has 0 spiro atoms. The highest BCUT2D eigenvalue weighted by Gasteiger charge is 2.42. The minimum Gasteiger partial charge on any atom is -0.428 e. The summed E-state index contributed by atoms with van der Waals surface area (Å²) in [6.45, 7) is 5.97. The molecule has 1 fully saturated rings. The van der Waals surface area contributed by atoms with Crippen molar-refractivity contribution in [1.82, 2.24) is 19.6 Å². The molecule has 40 heavy (non-hydrogen) atoms. The second kappa shape index (κ2) is 11.4. The summed E-state index contributed by atoms with van der Waals surface area (Å²) in [7, 11) is 3.19. The summed E-state index contributed by atoms with van der Waals surface area (Å²) in [6.07, 6.45) is -3.15. The molecule has 1 saturated carbocycles. The number of hydrogen-bond acceptors (Lipinski definition) is 9. The van der Waals surface area contributed by atoms with Gasteiger partial charge in [0.1, 0.15) is 29.5 Å². The first-order chi connectivity index (χ1) is 18.9. The molecule has 3 aromatic rings. The molecular formula is C26H31FN6O7. The Bertz CT molecular complexity index is 1400. The molecule has 1 aromatic carbocycles. The van der Waals surface area contributed by atoms with E-state index >= 15 is 4.39 Å². The van der Waals surface area contributed by atoms with Crippen molar-refractivity contribution >= 4 is 23.6 Å². The van der Waals surface area contributed by atoms with Crippen LogP contribution in [0.2, 0.25) is 0 Å². The number of hydrogen-bond donors (Lipinski definition) is 1. The Kier molecular flexibility index (Phi) is 8.18. The molecule has 13 nitrogen and oxygen atoms in total. The number of alkyl halides is 1. The van der Waals surface area contributed by atoms with E-state index in [1.54, 1.807) is 23.9 Å². The molecule has 14 heteroatoms. The molecule has 2 heterocycles. The fourth-order valence-corrected chi connectivity index (χ4v) is 4.56. The van der Waals surface area contributed by atoms with Crippen molar-refractivity contribution in [3.8, 4) is 5.75 Å². The average Bonchev–Trinajstić information content (AvgIpc) is 3.56. The summed E-state index contributed by atoms with van der Waals surface area (Å²) in [6, 6.07) is 8.13. The van der Waals surface area contributed by atoms with Crippen LogP contribution in [-0.2, 0) is 28.7 Å². The van der Waals surface area contributed by atoms with Gasteiger partial charge in [0.05, 0.1) is 28.5 Å². The highest BCUT2D eigenvalue weighted by molar-refractivity contribution is 6.02. The van der Waals surface area contributed by atoms with Crippen LogP contribution in [0.1, 0.15) is 61.4 Å². The number of nitrogens with zero attached hydrogens (tertiary/aromatic N) is 5. The monoisotopic (exact) mass is 558 g/mol. The number of nitrogens with one attached hydrogen (secondary N) is 1.